The van der Waals surface area contributed by atoms with Crippen molar-refractivity contribution in [2.75, 3.05) is 52.4 Å². The lowest BCUT2D eigenvalue weighted by Gasteiger charge is -2.34. The molecule has 0 atom stereocenters. The minimum absolute atomic E-state index is 0.0698. The van der Waals surface area contributed by atoms with Gasteiger partial charge in [0.05, 0.1) is 33.4 Å². The average molecular weight is 456 g/mol. The molecule has 2 aromatic heterocycles. The highest BCUT2D eigenvalue weighted by Crippen LogP contribution is 2.41. The monoisotopic (exact) mass is 455 g/mol. The van der Waals surface area contributed by atoms with E-state index in [1.54, 1.807) is 39.8 Å². The zero-order valence-corrected chi connectivity index (χ0v) is 19.1. The molecular weight excluding hydrogens is 430 g/mol. The van der Waals surface area contributed by atoms with Gasteiger partial charge in [-0.15, -0.1) is 11.3 Å². The summed E-state index contributed by atoms with van der Waals surface area (Å²) in [7, 11) is 4.73. The van der Waals surface area contributed by atoms with E-state index in [4.69, 9.17) is 14.2 Å². The first-order valence-electron chi connectivity index (χ1n) is 10.2. The fraction of sp³-hybridized carbons (Fsp3) is 0.364. The lowest BCUT2D eigenvalue weighted by molar-refractivity contribution is -0.130. The van der Waals surface area contributed by atoms with Crippen molar-refractivity contribution < 1.29 is 19.0 Å². The highest BCUT2D eigenvalue weighted by molar-refractivity contribution is 7.13. The Kier molecular flexibility index (Phi) is 6.69. The fourth-order valence-electron chi connectivity index (χ4n) is 3.60. The third-order valence-corrected chi connectivity index (χ3v) is 6.20. The zero-order valence-electron chi connectivity index (χ0n) is 18.3. The number of amides is 1. The van der Waals surface area contributed by atoms with Crippen LogP contribution in [0.4, 0.5) is 5.95 Å². The van der Waals surface area contributed by atoms with Gasteiger partial charge in [0, 0.05) is 49.5 Å². The Morgan fingerprint density at radius 1 is 1.00 bits per heavy atom. The average Bonchev–Trinajstić information content (AvgIpc) is 3.32. The largest absolute Gasteiger partial charge is 0.493 e. The fourth-order valence-corrected chi connectivity index (χ4v) is 4.41. The molecule has 1 fully saturated rings. The summed E-state index contributed by atoms with van der Waals surface area (Å²) in [5, 5.41) is 2.71. The van der Waals surface area contributed by atoms with Crippen molar-refractivity contribution >= 4 is 23.2 Å². The van der Waals surface area contributed by atoms with Crippen LogP contribution >= 0.6 is 11.3 Å². The SMILES string of the molecule is COc1cc(-c2nc(CC(=O)N3CCN(c4ncccn4)CC3)cs2)cc(OC)c1OC. The summed E-state index contributed by atoms with van der Waals surface area (Å²) in [6, 6.07) is 5.51. The molecule has 4 rings (SSSR count). The topological polar surface area (TPSA) is 89.9 Å². The van der Waals surface area contributed by atoms with Gasteiger partial charge >= 0.3 is 0 Å². The second-order valence-corrected chi connectivity index (χ2v) is 8.01. The molecule has 32 heavy (non-hydrogen) atoms. The maximum atomic E-state index is 12.8. The molecule has 1 saturated heterocycles. The van der Waals surface area contributed by atoms with Crippen molar-refractivity contribution in [3.8, 4) is 27.8 Å². The molecule has 0 N–H and O–H groups in total. The Labute approximate surface area is 190 Å². The second kappa shape index (κ2) is 9.82. The van der Waals surface area contributed by atoms with E-state index in [1.165, 1.54) is 11.3 Å². The van der Waals surface area contributed by atoms with Crippen molar-refractivity contribution in [3.63, 3.8) is 0 Å². The minimum atomic E-state index is 0.0698. The number of hydrogen-bond acceptors (Lipinski definition) is 9. The van der Waals surface area contributed by atoms with Crippen LogP contribution in [0.3, 0.4) is 0 Å². The molecule has 0 saturated carbocycles. The molecule has 0 bridgehead atoms. The summed E-state index contributed by atoms with van der Waals surface area (Å²) < 4.78 is 16.2. The molecule has 0 aliphatic carbocycles. The summed E-state index contributed by atoms with van der Waals surface area (Å²) in [5.74, 6) is 2.44. The molecule has 1 aliphatic rings. The van der Waals surface area contributed by atoms with Crippen LogP contribution in [-0.4, -0.2) is 73.3 Å². The molecular formula is C22H25N5O4S. The number of hydrogen-bond donors (Lipinski definition) is 0. The molecule has 0 unspecified atom stereocenters. The predicted octanol–water partition coefficient (Wildman–Crippen LogP) is 2.52. The van der Waals surface area contributed by atoms with Crippen molar-refractivity contribution in [1.29, 1.82) is 0 Å². The van der Waals surface area contributed by atoms with E-state index in [1.807, 2.05) is 22.4 Å². The van der Waals surface area contributed by atoms with Gasteiger partial charge in [-0.05, 0) is 18.2 Å². The highest BCUT2D eigenvalue weighted by atomic mass is 32.1. The first kappa shape index (κ1) is 21.8. The highest BCUT2D eigenvalue weighted by Gasteiger charge is 2.23. The first-order chi connectivity index (χ1) is 15.6. The second-order valence-electron chi connectivity index (χ2n) is 7.15. The van der Waals surface area contributed by atoms with Gasteiger partial charge in [-0.25, -0.2) is 15.0 Å². The van der Waals surface area contributed by atoms with Crippen molar-refractivity contribution in [1.82, 2.24) is 19.9 Å². The predicted molar refractivity (Wildman–Crippen MR) is 122 cm³/mol. The van der Waals surface area contributed by atoms with Crippen molar-refractivity contribution in [2.45, 2.75) is 6.42 Å². The number of nitrogens with zero attached hydrogens (tertiary/aromatic N) is 5. The number of carbonyl (C=O) groups is 1. The summed E-state index contributed by atoms with van der Waals surface area (Å²) in [6.07, 6.45) is 3.73. The molecule has 10 heteroatoms. The smallest absolute Gasteiger partial charge is 0.228 e. The minimum Gasteiger partial charge on any atom is -0.493 e. The number of anilines is 1. The van der Waals surface area contributed by atoms with Gasteiger partial charge in [0.25, 0.3) is 0 Å². The van der Waals surface area contributed by atoms with Crippen LogP contribution in [0.2, 0.25) is 0 Å². The van der Waals surface area contributed by atoms with Crippen LogP contribution in [0.25, 0.3) is 10.6 Å². The number of ether oxygens (including phenoxy) is 3. The maximum Gasteiger partial charge on any atom is 0.228 e. The van der Waals surface area contributed by atoms with Gasteiger partial charge in [-0.2, -0.15) is 0 Å². The molecule has 3 aromatic rings. The van der Waals surface area contributed by atoms with Crippen LogP contribution in [0.15, 0.2) is 36.0 Å². The number of benzene rings is 1. The molecule has 1 aliphatic heterocycles. The summed E-state index contributed by atoms with van der Waals surface area (Å²) >= 11 is 1.48. The third kappa shape index (κ3) is 4.59. The van der Waals surface area contributed by atoms with Gasteiger partial charge in [0.15, 0.2) is 11.5 Å². The standard InChI is InChI=1S/C22H25N5O4S/c1-29-17-11-15(12-18(30-2)20(17)31-3)21-25-16(14-32-21)13-19(28)26-7-9-27(10-8-26)22-23-5-4-6-24-22/h4-6,11-12,14H,7-10,13H2,1-3H3. The van der Waals surface area contributed by atoms with E-state index < -0.39 is 0 Å². The van der Waals surface area contributed by atoms with Gasteiger partial charge < -0.3 is 24.0 Å². The van der Waals surface area contributed by atoms with E-state index in [2.05, 4.69) is 19.9 Å². The molecule has 1 aromatic carbocycles. The third-order valence-electron chi connectivity index (χ3n) is 5.26. The van der Waals surface area contributed by atoms with Crippen LogP contribution in [0.1, 0.15) is 5.69 Å². The Hall–Kier alpha value is -3.40. The summed E-state index contributed by atoms with van der Waals surface area (Å²) in [5.41, 5.74) is 1.59. The summed E-state index contributed by atoms with van der Waals surface area (Å²) in [4.78, 5) is 30.0. The number of aromatic nitrogens is 3. The maximum absolute atomic E-state index is 12.8. The Balaban J connectivity index is 1.41. The lowest BCUT2D eigenvalue weighted by atomic mass is 10.2. The van der Waals surface area contributed by atoms with Gasteiger partial charge in [-0.3, -0.25) is 4.79 Å². The van der Waals surface area contributed by atoms with E-state index in [0.29, 0.717) is 49.4 Å². The van der Waals surface area contributed by atoms with Crippen LogP contribution in [0, 0.1) is 0 Å². The van der Waals surface area contributed by atoms with Crippen molar-refractivity contribution in [2.24, 2.45) is 0 Å². The van der Waals surface area contributed by atoms with E-state index in [-0.39, 0.29) is 12.3 Å². The van der Waals surface area contributed by atoms with Gasteiger partial charge in [0.2, 0.25) is 17.6 Å². The molecule has 9 nitrogen and oxygen atoms in total. The Morgan fingerprint density at radius 3 is 2.25 bits per heavy atom. The first-order valence-corrected chi connectivity index (χ1v) is 11.1. The molecule has 0 spiro atoms. The number of rotatable bonds is 7. The van der Waals surface area contributed by atoms with Gasteiger partial charge in [0.1, 0.15) is 5.01 Å². The number of thiazole rings is 1. The molecule has 1 amide bonds. The van der Waals surface area contributed by atoms with E-state index in [9.17, 15) is 4.79 Å². The lowest BCUT2D eigenvalue weighted by Crippen LogP contribution is -2.49. The Bertz CT molecular complexity index is 1040. The molecule has 0 radical (unpaired) electrons. The summed E-state index contributed by atoms with van der Waals surface area (Å²) in [6.45, 7) is 2.70. The molecule has 3 heterocycles. The van der Waals surface area contributed by atoms with Crippen LogP contribution in [0.5, 0.6) is 17.2 Å². The van der Waals surface area contributed by atoms with Crippen LogP contribution in [-0.2, 0) is 11.2 Å². The quantitative estimate of drug-likeness (QED) is 0.537. The normalized spacial score (nSPS) is 13.7. The van der Waals surface area contributed by atoms with Crippen molar-refractivity contribution in [3.05, 3.63) is 41.7 Å². The number of piperazine rings is 1. The number of carbonyl (C=O) groups excluding carboxylic acids is 1. The number of methoxy groups -OCH3 is 3. The van der Waals surface area contributed by atoms with E-state index >= 15 is 0 Å². The van der Waals surface area contributed by atoms with Crippen LogP contribution < -0.4 is 19.1 Å². The zero-order chi connectivity index (χ0) is 22.5. The van der Waals surface area contributed by atoms with E-state index in [0.717, 1.165) is 16.3 Å². The van der Waals surface area contributed by atoms with Gasteiger partial charge in [-0.1, -0.05) is 0 Å². The Morgan fingerprint density at radius 2 is 1.66 bits per heavy atom. The molecule has 168 valence electrons.